The Labute approximate surface area is 138 Å². The Kier molecular flexibility index (Phi) is 4.39. The van der Waals surface area contributed by atoms with Gasteiger partial charge < -0.3 is 5.32 Å². The summed E-state index contributed by atoms with van der Waals surface area (Å²) in [6.45, 7) is 1.96. The molecule has 0 bridgehead atoms. The molecule has 1 aromatic heterocycles. The summed E-state index contributed by atoms with van der Waals surface area (Å²) in [5.74, 6) is -0.322. The number of aromatic nitrogens is 3. The predicted octanol–water partition coefficient (Wildman–Crippen LogP) is 3.74. The lowest BCUT2D eigenvalue weighted by Gasteiger charge is -2.07. The monoisotopic (exact) mass is 326 g/mol. The molecule has 0 saturated carbocycles. The van der Waals surface area contributed by atoms with Crippen LogP contribution in [0, 0.1) is 0 Å². The molecule has 1 N–H and O–H groups in total. The van der Waals surface area contributed by atoms with Gasteiger partial charge in [-0.3, -0.25) is 4.79 Å². The van der Waals surface area contributed by atoms with E-state index in [9.17, 15) is 4.79 Å². The molecule has 2 aromatic carbocycles. The highest BCUT2D eigenvalue weighted by atomic mass is 35.5. The number of benzene rings is 2. The van der Waals surface area contributed by atoms with Gasteiger partial charge in [0, 0.05) is 0 Å². The maximum Gasteiger partial charge on any atom is 0.278 e. The van der Waals surface area contributed by atoms with E-state index in [1.807, 2.05) is 43.3 Å². The van der Waals surface area contributed by atoms with E-state index in [1.165, 1.54) is 0 Å². The summed E-state index contributed by atoms with van der Waals surface area (Å²) in [5.41, 5.74) is 2.47. The third kappa shape index (κ3) is 3.10. The second-order valence-corrected chi connectivity index (χ2v) is 5.33. The number of carbonyl (C=O) groups excluding carboxylic acids is 1. The van der Waals surface area contributed by atoms with Crippen molar-refractivity contribution in [3.63, 3.8) is 0 Å². The highest BCUT2D eigenvalue weighted by Crippen LogP contribution is 2.22. The molecule has 3 rings (SSSR count). The highest BCUT2D eigenvalue weighted by molar-refractivity contribution is 6.33. The zero-order valence-corrected chi connectivity index (χ0v) is 13.3. The third-order valence-electron chi connectivity index (χ3n) is 3.44. The van der Waals surface area contributed by atoms with Crippen LogP contribution in [0.4, 0.5) is 5.69 Å². The number of amides is 1. The van der Waals surface area contributed by atoms with Crippen LogP contribution in [0.25, 0.3) is 5.69 Å². The number of anilines is 1. The smallest absolute Gasteiger partial charge is 0.278 e. The average Bonchev–Trinajstić information content (AvgIpc) is 3.02. The van der Waals surface area contributed by atoms with E-state index >= 15 is 0 Å². The van der Waals surface area contributed by atoms with Gasteiger partial charge in [0.1, 0.15) is 0 Å². The molecule has 0 saturated heterocycles. The van der Waals surface area contributed by atoms with Crippen molar-refractivity contribution >= 4 is 23.2 Å². The van der Waals surface area contributed by atoms with Gasteiger partial charge in [-0.25, -0.2) is 4.68 Å². The second kappa shape index (κ2) is 6.62. The fraction of sp³-hybridized carbons (Fsp3) is 0.118. The van der Waals surface area contributed by atoms with Gasteiger partial charge in [0.05, 0.1) is 22.1 Å². The van der Waals surface area contributed by atoms with Crippen LogP contribution in [0.5, 0.6) is 0 Å². The van der Waals surface area contributed by atoms with Crippen LogP contribution >= 0.6 is 11.6 Å². The molecule has 0 atom stereocenters. The van der Waals surface area contributed by atoms with Crippen LogP contribution in [0.3, 0.4) is 0 Å². The van der Waals surface area contributed by atoms with Crippen LogP contribution in [0.2, 0.25) is 5.02 Å². The molecule has 0 unspecified atom stereocenters. The molecule has 6 heteroatoms. The highest BCUT2D eigenvalue weighted by Gasteiger charge is 2.19. The SMILES string of the molecule is CCc1c(C(=O)Nc2ccccc2Cl)nnn1-c1ccccc1. The number of hydrogen-bond donors (Lipinski definition) is 1. The molecule has 0 fully saturated rings. The largest absolute Gasteiger partial charge is 0.319 e. The molecular weight excluding hydrogens is 312 g/mol. The number of nitrogens with zero attached hydrogens (tertiary/aromatic N) is 3. The van der Waals surface area contributed by atoms with E-state index in [1.54, 1.807) is 22.9 Å². The maximum atomic E-state index is 12.5. The van der Waals surface area contributed by atoms with Crippen LogP contribution < -0.4 is 5.32 Å². The topological polar surface area (TPSA) is 59.8 Å². The van der Waals surface area contributed by atoms with E-state index in [4.69, 9.17) is 11.6 Å². The summed E-state index contributed by atoms with van der Waals surface area (Å²) < 4.78 is 1.68. The number of hydrogen-bond acceptors (Lipinski definition) is 3. The number of halogens is 1. The molecule has 5 nitrogen and oxygen atoms in total. The van der Waals surface area contributed by atoms with Crippen molar-refractivity contribution in [2.45, 2.75) is 13.3 Å². The van der Waals surface area contributed by atoms with Gasteiger partial charge in [0.2, 0.25) is 0 Å². The van der Waals surface area contributed by atoms with Gasteiger partial charge >= 0.3 is 0 Å². The van der Waals surface area contributed by atoms with Crippen molar-refractivity contribution in [1.82, 2.24) is 15.0 Å². The average molecular weight is 327 g/mol. The predicted molar refractivity (Wildman–Crippen MR) is 90.1 cm³/mol. The van der Waals surface area contributed by atoms with Crippen LogP contribution in [-0.4, -0.2) is 20.9 Å². The number of nitrogens with one attached hydrogen (secondary N) is 1. The van der Waals surface area contributed by atoms with Gasteiger partial charge in [-0.05, 0) is 30.7 Å². The second-order valence-electron chi connectivity index (χ2n) is 4.92. The Morgan fingerprint density at radius 2 is 1.83 bits per heavy atom. The van der Waals surface area contributed by atoms with Crippen molar-refractivity contribution in [3.8, 4) is 5.69 Å². The Morgan fingerprint density at radius 3 is 2.52 bits per heavy atom. The first-order chi connectivity index (χ1) is 11.2. The van der Waals surface area contributed by atoms with Crippen LogP contribution in [-0.2, 0) is 6.42 Å². The van der Waals surface area contributed by atoms with Gasteiger partial charge in [0.25, 0.3) is 5.91 Å². The summed E-state index contributed by atoms with van der Waals surface area (Å²) in [5, 5.41) is 11.4. The number of carbonyl (C=O) groups is 1. The fourth-order valence-corrected chi connectivity index (χ4v) is 2.50. The summed E-state index contributed by atoms with van der Waals surface area (Å²) >= 11 is 6.07. The van der Waals surface area contributed by atoms with Crippen molar-refractivity contribution in [1.29, 1.82) is 0 Å². The minimum absolute atomic E-state index is 0.302. The molecule has 116 valence electrons. The van der Waals surface area contributed by atoms with E-state index in [2.05, 4.69) is 15.6 Å². The molecule has 0 aliphatic heterocycles. The molecule has 1 amide bonds. The van der Waals surface area contributed by atoms with Crippen molar-refractivity contribution < 1.29 is 4.79 Å². The van der Waals surface area contributed by atoms with E-state index in [0.717, 1.165) is 11.4 Å². The molecule has 1 heterocycles. The normalized spacial score (nSPS) is 10.5. The third-order valence-corrected chi connectivity index (χ3v) is 3.77. The first-order valence-corrected chi connectivity index (χ1v) is 7.64. The van der Waals surface area contributed by atoms with Crippen LogP contribution in [0.15, 0.2) is 54.6 Å². The Hall–Kier alpha value is -2.66. The summed E-state index contributed by atoms with van der Waals surface area (Å²) in [4.78, 5) is 12.5. The standard InChI is InChI=1S/C17H15ClN4O/c1-2-15-16(17(23)19-14-11-7-6-10-13(14)18)20-21-22(15)12-8-4-3-5-9-12/h3-11H,2H2,1H3,(H,19,23). The lowest BCUT2D eigenvalue weighted by molar-refractivity contribution is 0.102. The first kappa shape index (κ1) is 15.2. The zero-order chi connectivity index (χ0) is 16.2. The summed E-state index contributed by atoms with van der Waals surface area (Å²) in [6, 6.07) is 16.7. The van der Waals surface area contributed by atoms with Crippen LogP contribution in [0.1, 0.15) is 23.1 Å². The van der Waals surface area contributed by atoms with Crippen molar-refractivity contribution in [2.24, 2.45) is 0 Å². The Balaban J connectivity index is 1.93. The Bertz CT molecular complexity index is 830. The van der Waals surface area contributed by atoms with Crippen molar-refractivity contribution in [2.75, 3.05) is 5.32 Å². The molecule has 0 radical (unpaired) electrons. The number of rotatable bonds is 4. The lowest BCUT2D eigenvalue weighted by atomic mass is 10.2. The van der Waals surface area contributed by atoms with Crippen molar-refractivity contribution in [3.05, 3.63) is 71.0 Å². The number of para-hydroxylation sites is 2. The molecule has 0 spiro atoms. The molecule has 0 aliphatic rings. The fourth-order valence-electron chi connectivity index (χ4n) is 2.32. The summed E-state index contributed by atoms with van der Waals surface area (Å²) in [7, 11) is 0. The van der Waals surface area contributed by atoms with E-state index in [-0.39, 0.29) is 5.91 Å². The zero-order valence-electron chi connectivity index (χ0n) is 12.5. The minimum atomic E-state index is -0.322. The van der Waals surface area contributed by atoms with Gasteiger partial charge in [0.15, 0.2) is 5.69 Å². The van der Waals surface area contributed by atoms with E-state index in [0.29, 0.717) is 22.8 Å². The minimum Gasteiger partial charge on any atom is -0.319 e. The molecule has 0 aliphatic carbocycles. The first-order valence-electron chi connectivity index (χ1n) is 7.26. The van der Waals surface area contributed by atoms with Gasteiger partial charge in [-0.1, -0.05) is 54.1 Å². The molecule has 23 heavy (non-hydrogen) atoms. The van der Waals surface area contributed by atoms with E-state index < -0.39 is 0 Å². The maximum absolute atomic E-state index is 12.5. The van der Waals surface area contributed by atoms with Gasteiger partial charge in [-0.2, -0.15) is 0 Å². The summed E-state index contributed by atoms with van der Waals surface area (Å²) in [6.07, 6.45) is 0.632. The van der Waals surface area contributed by atoms with Gasteiger partial charge in [-0.15, -0.1) is 5.10 Å². The molecule has 3 aromatic rings. The lowest BCUT2D eigenvalue weighted by Crippen LogP contribution is -2.15. The molecular formula is C17H15ClN4O. The quantitative estimate of drug-likeness (QED) is 0.794. The Morgan fingerprint density at radius 1 is 1.13 bits per heavy atom.